The summed E-state index contributed by atoms with van der Waals surface area (Å²) in [5, 5.41) is 4.17. The van der Waals surface area contributed by atoms with Crippen molar-refractivity contribution in [2.45, 2.75) is 26.8 Å². The SMILES string of the molecule is Cc1cc(C)cc(NC(=S)N(CCN(C)C)[C@H](C)c2ccncc2)c1. The van der Waals surface area contributed by atoms with Gasteiger partial charge in [0.15, 0.2) is 5.11 Å². The first-order valence-corrected chi connectivity index (χ1v) is 8.98. The molecule has 0 unspecified atom stereocenters. The summed E-state index contributed by atoms with van der Waals surface area (Å²) in [7, 11) is 4.16. The van der Waals surface area contributed by atoms with Gasteiger partial charge < -0.3 is 15.1 Å². The number of aryl methyl sites for hydroxylation is 2. The summed E-state index contributed by atoms with van der Waals surface area (Å²) in [5.74, 6) is 0. The molecule has 5 heteroatoms. The first-order chi connectivity index (χ1) is 11.9. The van der Waals surface area contributed by atoms with Crippen LogP contribution in [0.1, 0.15) is 29.7 Å². The summed E-state index contributed by atoms with van der Waals surface area (Å²) in [6, 6.07) is 10.7. The van der Waals surface area contributed by atoms with Crippen LogP contribution in [0.4, 0.5) is 5.69 Å². The van der Waals surface area contributed by atoms with Crippen LogP contribution in [0.3, 0.4) is 0 Å². The second kappa shape index (κ2) is 8.92. The molecule has 0 amide bonds. The van der Waals surface area contributed by atoms with E-state index in [0.717, 1.165) is 23.9 Å². The number of nitrogens with one attached hydrogen (secondary N) is 1. The van der Waals surface area contributed by atoms with Crippen molar-refractivity contribution in [1.29, 1.82) is 0 Å². The number of nitrogens with zero attached hydrogens (tertiary/aromatic N) is 3. The predicted octanol–water partition coefficient (Wildman–Crippen LogP) is 4.02. The van der Waals surface area contributed by atoms with E-state index in [-0.39, 0.29) is 6.04 Å². The van der Waals surface area contributed by atoms with Gasteiger partial charge in [0, 0.05) is 31.2 Å². The van der Waals surface area contributed by atoms with Crippen LogP contribution in [-0.2, 0) is 0 Å². The summed E-state index contributed by atoms with van der Waals surface area (Å²) in [6.07, 6.45) is 3.66. The van der Waals surface area contributed by atoms with Gasteiger partial charge in [0.2, 0.25) is 0 Å². The van der Waals surface area contributed by atoms with E-state index in [0.29, 0.717) is 0 Å². The van der Waals surface area contributed by atoms with E-state index in [1.54, 1.807) is 0 Å². The molecule has 0 spiro atoms. The van der Waals surface area contributed by atoms with Gasteiger partial charge in [0.1, 0.15) is 0 Å². The number of pyridine rings is 1. The van der Waals surface area contributed by atoms with Crippen LogP contribution in [0.2, 0.25) is 0 Å². The Labute approximate surface area is 156 Å². The highest BCUT2D eigenvalue weighted by molar-refractivity contribution is 7.80. The molecule has 1 aromatic carbocycles. The van der Waals surface area contributed by atoms with Crippen molar-refractivity contribution in [3.63, 3.8) is 0 Å². The zero-order chi connectivity index (χ0) is 18.4. The van der Waals surface area contributed by atoms with E-state index in [1.807, 2.05) is 24.5 Å². The van der Waals surface area contributed by atoms with Crippen LogP contribution >= 0.6 is 12.2 Å². The van der Waals surface area contributed by atoms with E-state index in [1.165, 1.54) is 16.7 Å². The summed E-state index contributed by atoms with van der Waals surface area (Å²) in [5.41, 5.74) is 4.71. The maximum atomic E-state index is 5.75. The molecule has 25 heavy (non-hydrogen) atoms. The second-order valence-electron chi connectivity index (χ2n) is 6.76. The number of hydrogen-bond donors (Lipinski definition) is 1. The molecule has 1 atom stereocenters. The molecule has 0 bridgehead atoms. The molecule has 0 saturated heterocycles. The maximum absolute atomic E-state index is 5.75. The lowest BCUT2D eigenvalue weighted by Gasteiger charge is -2.33. The Morgan fingerprint density at radius 1 is 1.08 bits per heavy atom. The van der Waals surface area contributed by atoms with Gasteiger partial charge in [0.25, 0.3) is 0 Å². The maximum Gasteiger partial charge on any atom is 0.173 e. The number of likely N-dealkylation sites (N-methyl/N-ethyl adjacent to an activating group) is 1. The summed E-state index contributed by atoms with van der Waals surface area (Å²) in [4.78, 5) is 8.53. The number of benzene rings is 1. The average molecular weight is 357 g/mol. The van der Waals surface area contributed by atoms with Gasteiger partial charge >= 0.3 is 0 Å². The third-order valence-electron chi connectivity index (χ3n) is 4.18. The molecular formula is C20H28N4S. The molecule has 2 aromatic rings. The molecule has 0 saturated carbocycles. The van der Waals surface area contributed by atoms with E-state index >= 15 is 0 Å². The zero-order valence-electron chi connectivity index (χ0n) is 15.8. The number of anilines is 1. The van der Waals surface area contributed by atoms with Crippen molar-refractivity contribution < 1.29 is 0 Å². The number of hydrogen-bond acceptors (Lipinski definition) is 3. The molecule has 1 heterocycles. The Kier molecular flexibility index (Phi) is 6.91. The van der Waals surface area contributed by atoms with Crippen LogP contribution < -0.4 is 5.32 Å². The van der Waals surface area contributed by atoms with E-state index in [4.69, 9.17) is 12.2 Å². The Morgan fingerprint density at radius 2 is 1.68 bits per heavy atom. The standard InChI is InChI=1S/C20H28N4S/c1-15-12-16(2)14-19(13-15)22-20(25)24(11-10-23(4)5)17(3)18-6-8-21-9-7-18/h6-9,12-14,17H,10-11H2,1-5H3,(H,22,25)/t17-/m1/s1. The van der Waals surface area contributed by atoms with Gasteiger partial charge in [-0.2, -0.15) is 0 Å². The highest BCUT2D eigenvalue weighted by atomic mass is 32.1. The van der Waals surface area contributed by atoms with Crippen LogP contribution in [0.5, 0.6) is 0 Å². The van der Waals surface area contributed by atoms with Crippen molar-refractivity contribution in [3.8, 4) is 0 Å². The first-order valence-electron chi connectivity index (χ1n) is 8.57. The number of rotatable bonds is 6. The molecule has 1 N–H and O–H groups in total. The minimum Gasteiger partial charge on any atom is -0.341 e. The van der Waals surface area contributed by atoms with E-state index < -0.39 is 0 Å². The van der Waals surface area contributed by atoms with E-state index in [9.17, 15) is 0 Å². The van der Waals surface area contributed by atoms with Crippen molar-refractivity contribution in [2.24, 2.45) is 0 Å². The number of thiocarbonyl (C=S) groups is 1. The highest BCUT2D eigenvalue weighted by Gasteiger charge is 2.19. The normalized spacial score (nSPS) is 12.1. The van der Waals surface area contributed by atoms with Crippen LogP contribution in [0.15, 0.2) is 42.7 Å². The van der Waals surface area contributed by atoms with Crippen LogP contribution in [-0.4, -0.2) is 47.1 Å². The Bertz CT molecular complexity index is 680. The summed E-state index contributed by atoms with van der Waals surface area (Å²) >= 11 is 5.75. The van der Waals surface area contributed by atoms with Gasteiger partial charge in [-0.1, -0.05) is 6.07 Å². The molecule has 0 aliphatic rings. The molecule has 0 fully saturated rings. The van der Waals surface area contributed by atoms with Gasteiger partial charge in [-0.15, -0.1) is 0 Å². The molecule has 1 aromatic heterocycles. The summed E-state index contributed by atoms with van der Waals surface area (Å²) in [6.45, 7) is 8.17. The van der Waals surface area contributed by atoms with E-state index in [2.05, 4.69) is 73.2 Å². The molecule has 134 valence electrons. The minimum atomic E-state index is 0.175. The van der Waals surface area contributed by atoms with Gasteiger partial charge in [0.05, 0.1) is 6.04 Å². The fourth-order valence-electron chi connectivity index (χ4n) is 2.84. The van der Waals surface area contributed by atoms with Crippen LogP contribution in [0, 0.1) is 13.8 Å². The molecule has 0 aliphatic carbocycles. The summed E-state index contributed by atoms with van der Waals surface area (Å²) < 4.78 is 0. The molecular weight excluding hydrogens is 328 g/mol. The zero-order valence-corrected chi connectivity index (χ0v) is 16.6. The first kappa shape index (κ1) is 19.3. The van der Waals surface area contributed by atoms with Gasteiger partial charge in [-0.25, -0.2) is 0 Å². The fraction of sp³-hybridized carbons (Fsp3) is 0.400. The van der Waals surface area contributed by atoms with Crippen molar-refractivity contribution >= 4 is 23.0 Å². The third kappa shape index (κ3) is 5.80. The molecule has 2 rings (SSSR count). The smallest absolute Gasteiger partial charge is 0.173 e. The molecule has 0 aliphatic heterocycles. The fourth-order valence-corrected chi connectivity index (χ4v) is 3.21. The van der Waals surface area contributed by atoms with Crippen molar-refractivity contribution in [1.82, 2.24) is 14.8 Å². The Hall–Kier alpha value is -1.98. The van der Waals surface area contributed by atoms with Crippen LogP contribution in [0.25, 0.3) is 0 Å². The minimum absolute atomic E-state index is 0.175. The van der Waals surface area contributed by atoms with Gasteiger partial charge in [-0.3, -0.25) is 4.98 Å². The lowest BCUT2D eigenvalue weighted by atomic mass is 10.1. The topological polar surface area (TPSA) is 31.4 Å². The Balaban J connectivity index is 2.19. The van der Waals surface area contributed by atoms with Crippen molar-refractivity contribution in [2.75, 3.05) is 32.5 Å². The predicted molar refractivity (Wildman–Crippen MR) is 110 cm³/mol. The lowest BCUT2D eigenvalue weighted by Crippen LogP contribution is -2.40. The largest absolute Gasteiger partial charge is 0.341 e. The highest BCUT2D eigenvalue weighted by Crippen LogP contribution is 2.21. The number of aromatic nitrogens is 1. The molecule has 0 radical (unpaired) electrons. The lowest BCUT2D eigenvalue weighted by molar-refractivity contribution is 0.289. The second-order valence-corrected chi connectivity index (χ2v) is 7.15. The Morgan fingerprint density at radius 3 is 2.24 bits per heavy atom. The average Bonchev–Trinajstić information content (AvgIpc) is 2.54. The quantitative estimate of drug-likeness (QED) is 0.790. The van der Waals surface area contributed by atoms with Crippen molar-refractivity contribution in [3.05, 3.63) is 59.4 Å². The molecule has 4 nitrogen and oxygen atoms in total. The monoisotopic (exact) mass is 356 g/mol. The third-order valence-corrected chi connectivity index (χ3v) is 4.51. The van der Waals surface area contributed by atoms with Gasteiger partial charge in [-0.05, 0) is 88.0 Å².